The highest BCUT2D eigenvalue weighted by Crippen LogP contribution is 2.16. The molecular weight excluding hydrogens is 231 g/mol. The molecule has 0 atom stereocenters. The van der Waals surface area contributed by atoms with Crippen molar-refractivity contribution < 1.29 is 12.8 Å². The molecule has 0 amide bonds. The molecule has 2 rings (SSSR count). The van der Waals surface area contributed by atoms with Gasteiger partial charge in [0.25, 0.3) is 0 Å². The van der Waals surface area contributed by atoms with Gasteiger partial charge < -0.3 is 5.32 Å². The lowest BCUT2D eigenvalue weighted by atomic mass is 10.2. The summed E-state index contributed by atoms with van der Waals surface area (Å²) >= 11 is 0. The normalized spacial score (nSPS) is 17.1. The van der Waals surface area contributed by atoms with Gasteiger partial charge in [-0.3, -0.25) is 0 Å². The molecule has 0 aliphatic carbocycles. The number of benzene rings is 1. The Balaban J connectivity index is 2.27. The minimum atomic E-state index is -3.52. The van der Waals surface area contributed by atoms with Gasteiger partial charge >= 0.3 is 0 Å². The van der Waals surface area contributed by atoms with E-state index >= 15 is 0 Å². The van der Waals surface area contributed by atoms with Gasteiger partial charge in [0.1, 0.15) is 5.82 Å². The minimum Gasteiger partial charge on any atom is -0.313 e. The predicted molar refractivity (Wildman–Crippen MR) is 58.1 cm³/mol. The Bertz CT molecular complexity index is 498. The summed E-state index contributed by atoms with van der Waals surface area (Å²) < 4.78 is 39.2. The maximum Gasteiger partial charge on any atom is 0.241 e. The van der Waals surface area contributed by atoms with Crippen LogP contribution in [0, 0.1) is 12.7 Å². The molecule has 4 nitrogen and oxygen atoms in total. The van der Waals surface area contributed by atoms with Gasteiger partial charge in [-0.15, -0.1) is 0 Å². The van der Waals surface area contributed by atoms with Crippen molar-refractivity contribution in [2.75, 3.05) is 13.1 Å². The molecular formula is C10H13FN2O2S. The van der Waals surface area contributed by atoms with Crippen LogP contribution in [0.2, 0.25) is 0 Å². The summed E-state index contributed by atoms with van der Waals surface area (Å²) in [7, 11) is -3.52. The van der Waals surface area contributed by atoms with E-state index in [1.807, 2.05) is 0 Å². The van der Waals surface area contributed by atoms with Crippen LogP contribution in [0.5, 0.6) is 0 Å². The first-order chi connectivity index (χ1) is 7.49. The van der Waals surface area contributed by atoms with Crippen LogP contribution in [-0.2, 0) is 10.0 Å². The van der Waals surface area contributed by atoms with Gasteiger partial charge in [0.05, 0.1) is 4.90 Å². The number of sulfonamides is 1. The minimum absolute atomic E-state index is 0.0607. The molecule has 0 radical (unpaired) electrons. The van der Waals surface area contributed by atoms with Crippen LogP contribution in [0.3, 0.4) is 0 Å². The van der Waals surface area contributed by atoms with Gasteiger partial charge in [-0.05, 0) is 30.7 Å². The molecule has 1 aromatic rings. The van der Waals surface area contributed by atoms with Crippen LogP contribution < -0.4 is 10.0 Å². The van der Waals surface area contributed by atoms with Crippen molar-refractivity contribution in [3.05, 3.63) is 29.6 Å². The summed E-state index contributed by atoms with van der Waals surface area (Å²) in [5.41, 5.74) is 0.416. The SMILES string of the molecule is Cc1cc(F)ccc1S(=O)(=O)NC1CNC1. The molecule has 0 unspecified atom stereocenters. The Hall–Kier alpha value is -0.980. The second-order valence-corrected chi connectivity index (χ2v) is 5.57. The van der Waals surface area contributed by atoms with Crippen molar-refractivity contribution >= 4 is 10.0 Å². The summed E-state index contributed by atoms with van der Waals surface area (Å²) in [4.78, 5) is 0.140. The number of rotatable bonds is 3. The van der Waals surface area contributed by atoms with Gasteiger partial charge in [-0.1, -0.05) is 0 Å². The van der Waals surface area contributed by atoms with Crippen molar-refractivity contribution in [1.82, 2.24) is 10.0 Å². The molecule has 1 saturated heterocycles. The third-order valence-corrected chi connectivity index (χ3v) is 4.21. The molecule has 0 bridgehead atoms. The van der Waals surface area contributed by atoms with Crippen LogP contribution in [0.25, 0.3) is 0 Å². The van der Waals surface area contributed by atoms with Crippen LogP contribution in [-0.4, -0.2) is 27.5 Å². The molecule has 0 aromatic heterocycles. The third kappa shape index (κ3) is 2.23. The Kier molecular flexibility index (Phi) is 2.96. The fourth-order valence-corrected chi connectivity index (χ4v) is 3.03. The average Bonchev–Trinajstić information content (AvgIpc) is 2.11. The molecule has 0 spiro atoms. The molecule has 1 aliphatic rings. The first-order valence-corrected chi connectivity index (χ1v) is 6.46. The Labute approximate surface area is 93.9 Å². The van der Waals surface area contributed by atoms with Crippen LogP contribution in [0.1, 0.15) is 5.56 Å². The third-order valence-electron chi connectivity index (χ3n) is 2.53. The predicted octanol–water partition coefficient (Wildman–Crippen LogP) is 0.384. The molecule has 0 saturated carbocycles. The van der Waals surface area contributed by atoms with Gasteiger partial charge in [0.15, 0.2) is 0 Å². The van der Waals surface area contributed by atoms with Crippen molar-refractivity contribution in [3.8, 4) is 0 Å². The van der Waals surface area contributed by atoms with Gasteiger partial charge in [-0.25, -0.2) is 17.5 Å². The molecule has 1 aliphatic heterocycles. The lowest BCUT2D eigenvalue weighted by Crippen LogP contribution is -2.56. The van der Waals surface area contributed by atoms with Gasteiger partial charge in [-0.2, -0.15) is 0 Å². The Morgan fingerprint density at radius 3 is 2.62 bits per heavy atom. The Morgan fingerprint density at radius 1 is 1.44 bits per heavy atom. The van der Waals surface area contributed by atoms with E-state index in [4.69, 9.17) is 0 Å². The van der Waals surface area contributed by atoms with E-state index in [0.717, 1.165) is 6.07 Å². The lowest BCUT2D eigenvalue weighted by molar-refractivity contribution is 0.410. The summed E-state index contributed by atoms with van der Waals surface area (Å²) in [6.45, 7) is 2.86. The average molecular weight is 244 g/mol. The smallest absolute Gasteiger partial charge is 0.241 e. The molecule has 1 aromatic carbocycles. The summed E-state index contributed by atoms with van der Waals surface area (Å²) in [6.07, 6.45) is 0. The highest BCUT2D eigenvalue weighted by molar-refractivity contribution is 7.89. The summed E-state index contributed by atoms with van der Waals surface area (Å²) in [5, 5.41) is 2.97. The maximum atomic E-state index is 12.9. The standard InChI is InChI=1S/C10H13FN2O2S/c1-7-4-8(11)2-3-10(7)16(14,15)13-9-5-12-6-9/h2-4,9,12-13H,5-6H2,1H3. The Morgan fingerprint density at radius 2 is 2.12 bits per heavy atom. The zero-order valence-corrected chi connectivity index (χ0v) is 9.64. The molecule has 1 heterocycles. The highest BCUT2D eigenvalue weighted by atomic mass is 32.2. The molecule has 2 N–H and O–H groups in total. The van der Waals surface area contributed by atoms with Crippen LogP contribution in [0.4, 0.5) is 4.39 Å². The first kappa shape index (κ1) is 11.5. The van der Waals surface area contributed by atoms with E-state index < -0.39 is 15.8 Å². The van der Waals surface area contributed by atoms with E-state index in [0.29, 0.717) is 18.7 Å². The van der Waals surface area contributed by atoms with E-state index in [-0.39, 0.29) is 10.9 Å². The number of hydrogen-bond donors (Lipinski definition) is 2. The van der Waals surface area contributed by atoms with Crippen molar-refractivity contribution in [3.63, 3.8) is 0 Å². The first-order valence-electron chi connectivity index (χ1n) is 4.98. The van der Waals surface area contributed by atoms with E-state index in [1.165, 1.54) is 12.1 Å². The summed E-state index contributed by atoms with van der Waals surface area (Å²) in [6, 6.07) is 3.60. The number of nitrogens with one attached hydrogen (secondary N) is 2. The lowest BCUT2D eigenvalue weighted by Gasteiger charge is -2.27. The summed E-state index contributed by atoms with van der Waals surface area (Å²) in [5.74, 6) is -0.429. The largest absolute Gasteiger partial charge is 0.313 e. The zero-order chi connectivity index (χ0) is 11.8. The molecule has 6 heteroatoms. The van der Waals surface area contributed by atoms with Crippen molar-refractivity contribution in [2.45, 2.75) is 17.9 Å². The number of aryl methyl sites for hydroxylation is 1. The van der Waals surface area contributed by atoms with E-state index in [1.54, 1.807) is 6.92 Å². The maximum absolute atomic E-state index is 12.9. The number of hydrogen-bond acceptors (Lipinski definition) is 3. The zero-order valence-electron chi connectivity index (χ0n) is 8.83. The van der Waals surface area contributed by atoms with E-state index in [2.05, 4.69) is 10.0 Å². The second-order valence-electron chi connectivity index (χ2n) is 3.89. The topological polar surface area (TPSA) is 58.2 Å². The van der Waals surface area contributed by atoms with Crippen molar-refractivity contribution in [1.29, 1.82) is 0 Å². The second kappa shape index (κ2) is 4.12. The fraction of sp³-hybridized carbons (Fsp3) is 0.400. The number of halogens is 1. The van der Waals surface area contributed by atoms with Crippen LogP contribution >= 0.6 is 0 Å². The molecule has 16 heavy (non-hydrogen) atoms. The van der Waals surface area contributed by atoms with Gasteiger partial charge in [0, 0.05) is 19.1 Å². The molecule has 88 valence electrons. The molecule has 1 fully saturated rings. The van der Waals surface area contributed by atoms with Crippen molar-refractivity contribution in [2.24, 2.45) is 0 Å². The quantitative estimate of drug-likeness (QED) is 0.808. The highest BCUT2D eigenvalue weighted by Gasteiger charge is 2.25. The van der Waals surface area contributed by atoms with E-state index in [9.17, 15) is 12.8 Å². The fourth-order valence-electron chi connectivity index (χ4n) is 1.57. The van der Waals surface area contributed by atoms with Gasteiger partial charge in [0.2, 0.25) is 10.0 Å². The monoisotopic (exact) mass is 244 g/mol. The van der Waals surface area contributed by atoms with Crippen LogP contribution in [0.15, 0.2) is 23.1 Å².